The third-order valence-electron chi connectivity index (χ3n) is 1.29. The van der Waals surface area contributed by atoms with Gasteiger partial charge < -0.3 is 15.4 Å². The molecule has 0 saturated heterocycles. The van der Waals surface area contributed by atoms with Crippen LogP contribution in [0.5, 0.6) is 5.75 Å². The molecule has 13 heavy (non-hydrogen) atoms. The maximum atomic E-state index is 10.4. The molecule has 0 aromatic heterocycles. The smallest absolute Gasteiger partial charge is 0.744 e. The zero-order chi connectivity index (χ0) is 9.35. The molecule has 1 aromatic carbocycles. The molecule has 0 fully saturated rings. The fourth-order valence-electron chi connectivity index (χ4n) is 0.688. The molecule has 0 atom stereocenters. The average Bonchev–Trinajstić information content (AvgIpc) is 1.92. The van der Waals surface area contributed by atoms with Crippen LogP contribution in [0.3, 0.4) is 0 Å². The average molecular weight is 211 g/mol. The van der Waals surface area contributed by atoms with Crippen molar-refractivity contribution in [2.45, 2.75) is 4.90 Å². The maximum absolute atomic E-state index is 10.4. The second-order valence-corrected chi connectivity index (χ2v) is 3.55. The van der Waals surface area contributed by atoms with Crippen molar-refractivity contribution in [3.05, 3.63) is 18.2 Å². The molecular weight excluding hydrogens is 205 g/mol. The van der Waals surface area contributed by atoms with Crippen LogP contribution >= 0.6 is 0 Å². The summed E-state index contributed by atoms with van der Waals surface area (Å²) in [5.74, 6) is -0.248. The summed E-state index contributed by atoms with van der Waals surface area (Å²) in [6.45, 7) is 0. The zero-order valence-electron chi connectivity index (χ0n) is 6.89. The van der Waals surface area contributed by atoms with Gasteiger partial charge in [0.15, 0.2) is 0 Å². The van der Waals surface area contributed by atoms with Crippen LogP contribution in [0.25, 0.3) is 0 Å². The maximum Gasteiger partial charge on any atom is 1.00 e. The quantitative estimate of drug-likeness (QED) is 0.221. The Hall–Kier alpha value is -0.270. The Morgan fingerprint density at radius 2 is 1.92 bits per heavy atom. The molecule has 0 heterocycles. The summed E-state index contributed by atoms with van der Waals surface area (Å²) in [4.78, 5) is -0.446. The molecule has 0 spiro atoms. The number of anilines is 1. The molecule has 1 aromatic rings. The van der Waals surface area contributed by atoms with E-state index in [1.54, 1.807) is 0 Å². The number of nitrogen functional groups attached to an aromatic ring is 1. The largest absolute Gasteiger partial charge is 1.00 e. The van der Waals surface area contributed by atoms with Crippen molar-refractivity contribution in [3.8, 4) is 5.75 Å². The molecule has 0 bridgehead atoms. The van der Waals surface area contributed by atoms with Crippen LogP contribution in [0.1, 0.15) is 0 Å². The molecule has 0 amide bonds. The third kappa shape index (κ3) is 3.17. The number of aromatic hydroxyl groups is 1. The number of phenols is 1. The van der Waals surface area contributed by atoms with E-state index in [9.17, 15) is 13.0 Å². The fourth-order valence-corrected chi connectivity index (χ4v) is 1.19. The van der Waals surface area contributed by atoms with Crippen molar-refractivity contribution in [2.75, 3.05) is 5.73 Å². The van der Waals surface area contributed by atoms with Crippen LogP contribution in [0.2, 0.25) is 0 Å². The molecule has 0 unspecified atom stereocenters. The summed E-state index contributed by atoms with van der Waals surface area (Å²) < 4.78 is 31.2. The van der Waals surface area contributed by atoms with E-state index < -0.39 is 15.0 Å². The first-order valence-electron chi connectivity index (χ1n) is 2.95. The van der Waals surface area contributed by atoms with Crippen molar-refractivity contribution in [1.82, 2.24) is 0 Å². The molecule has 0 radical (unpaired) electrons. The van der Waals surface area contributed by atoms with Crippen molar-refractivity contribution < 1.29 is 47.6 Å². The van der Waals surface area contributed by atoms with Gasteiger partial charge in [0, 0.05) is 0 Å². The van der Waals surface area contributed by atoms with Crippen LogP contribution in [0.4, 0.5) is 5.69 Å². The van der Waals surface area contributed by atoms with E-state index >= 15 is 0 Å². The van der Waals surface area contributed by atoms with E-state index in [4.69, 9.17) is 10.8 Å². The van der Waals surface area contributed by atoms with Gasteiger partial charge in [0.2, 0.25) is 0 Å². The molecule has 3 N–H and O–H groups in total. The molecule has 7 heteroatoms. The van der Waals surface area contributed by atoms with Gasteiger partial charge in [-0.1, -0.05) is 0 Å². The first kappa shape index (κ1) is 12.7. The summed E-state index contributed by atoms with van der Waals surface area (Å²) >= 11 is 0. The molecule has 0 aliphatic carbocycles. The Kier molecular flexibility index (Phi) is 4.21. The first-order valence-corrected chi connectivity index (χ1v) is 4.36. The van der Waals surface area contributed by atoms with Crippen molar-refractivity contribution in [1.29, 1.82) is 0 Å². The van der Waals surface area contributed by atoms with Gasteiger partial charge in [0.05, 0.1) is 10.6 Å². The molecule has 0 aliphatic rings. The van der Waals surface area contributed by atoms with Gasteiger partial charge in [0.1, 0.15) is 15.9 Å². The standard InChI is InChI=1S/C6H7NO4S.Na/c7-5-3-4(12(9,10)11)1-2-6(5)8;/h1-3,8H,7H2,(H,9,10,11);/q;+1/p-1. The molecular formula is C6H6NNaO4S. The fraction of sp³-hybridized carbons (Fsp3) is 0. The van der Waals surface area contributed by atoms with Gasteiger partial charge in [-0.25, -0.2) is 8.42 Å². The van der Waals surface area contributed by atoms with Gasteiger partial charge in [-0.3, -0.25) is 0 Å². The van der Waals surface area contributed by atoms with Gasteiger partial charge >= 0.3 is 29.6 Å². The predicted octanol–water partition coefficient (Wildman–Crippen LogP) is -3.12. The third-order valence-corrected chi connectivity index (χ3v) is 2.12. The number of hydrogen-bond acceptors (Lipinski definition) is 5. The van der Waals surface area contributed by atoms with Gasteiger partial charge in [-0.05, 0) is 18.2 Å². The Morgan fingerprint density at radius 3 is 2.31 bits per heavy atom. The minimum atomic E-state index is -4.48. The Morgan fingerprint density at radius 1 is 1.38 bits per heavy atom. The van der Waals surface area contributed by atoms with Crippen molar-refractivity contribution in [3.63, 3.8) is 0 Å². The van der Waals surface area contributed by atoms with E-state index in [1.165, 1.54) is 0 Å². The summed E-state index contributed by atoms with van der Waals surface area (Å²) in [5.41, 5.74) is 5.03. The Bertz CT molecular complexity index is 403. The second kappa shape index (κ2) is 4.30. The van der Waals surface area contributed by atoms with E-state index in [-0.39, 0.29) is 41.0 Å². The molecule has 5 nitrogen and oxygen atoms in total. The van der Waals surface area contributed by atoms with Gasteiger partial charge in [0.25, 0.3) is 0 Å². The normalized spacial score (nSPS) is 10.5. The van der Waals surface area contributed by atoms with Crippen LogP contribution < -0.4 is 35.3 Å². The van der Waals surface area contributed by atoms with Crippen molar-refractivity contribution in [2.24, 2.45) is 0 Å². The molecule has 66 valence electrons. The van der Waals surface area contributed by atoms with Crippen LogP contribution in [-0.4, -0.2) is 18.1 Å². The number of hydrogen-bond donors (Lipinski definition) is 2. The van der Waals surface area contributed by atoms with Gasteiger partial charge in [-0.2, -0.15) is 0 Å². The van der Waals surface area contributed by atoms with E-state index in [1.807, 2.05) is 0 Å². The summed E-state index contributed by atoms with van der Waals surface area (Å²) in [7, 11) is -4.48. The van der Waals surface area contributed by atoms with E-state index in [2.05, 4.69) is 0 Å². The predicted molar refractivity (Wildman–Crippen MR) is 40.5 cm³/mol. The first-order chi connectivity index (χ1) is 5.41. The molecule has 0 aliphatic heterocycles. The summed E-state index contributed by atoms with van der Waals surface area (Å²) in [6.07, 6.45) is 0. The molecule has 1 rings (SSSR count). The van der Waals surface area contributed by atoms with Crippen LogP contribution in [0, 0.1) is 0 Å². The number of rotatable bonds is 1. The van der Waals surface area contributed by atoms with Gasteiger partial charge in [-0.15, -0.1) is 0 Å². The number of phenolic OH excluding ortho intramolecular Hbond substituents is 1. The Labute approximate surface area is 97.6 Å². The summed E-state index contributed by atoms with van der Waals surface area (Å²) in [5, 5.41) is 8.89. The van der Waals surface area contributed by atoms with Crippen LogP contribution in [0.15, 0.2) is 23.1 Å². The zero-order valence-corrected chi connectivity index (χ0v) is 9.71. The van der Waals surface area contributed by atoms with E-state index in [0.717, 1.165) is 18.2 Å². The topological polar surface area (TPSA) is 103 Å². The van der Waals surface area contributed by atoms with Crippen molar-refractivity contribution >= 4 is 15.8 Å². The monoisotopic (exact) mass is 211 g/mol. The Balaban J connectivity index is 0.00000144. The second-order valence-electron chi connectivity index (χ2n) is 2.17. The number of benzene rings is 1. The van der Waals surface area contributed by atoms with Crippen LogP contribution in [-0.2, 0) is 10.1 Å². The minimum absolute atomic E-state index is 0. The molecule has 0 saturated carbocycles. The SMILES string of the molecule is Nc1cc(S(=O)(=O)[O-])ccc1O.[Na+]. The number of nitrogens with two attached hydrogens (primary N) is 1. The summed E-state index contributed by atoms with van der Waals surface area (Å²) in [6, 6.07) is 2.96. The van der Waals surface area contributed by atoms with E-state index in [0.29, 0.717) is 0 Å². The minimum Gasteiger partial charge on any atom is -0.744 e.